The minimum atomic E-state index is -0.747. The number of nitro benzene ring substituents is 1. The van der Waals surface area contributed by atoms with Gasteiger partial charge in [-0.15, -0.1) is 0 Å². The van der Waals surface area contributed by atoms with Crippen LogP contribution in [0.2, 0.25) is 0 Å². The van der Waals surface area contributed by atoms with Gasteiger partial charge in [0.2, 0.25) is 0 Å². The summed E-state index contributed by atoms with van der Waals surface area (Å²) in [5.41, 5.74) is 0.466. The summed E-state index contributed by atoms with van der Waals surface area (Å²) in [5, 5.41) is 39.6. The summed E-state index contributed by atoms with van der Waals surface area (Å²) >= 11 is 0. The Morgan fingerprint density at radius 1 is 1.53 bits per heavy atom. The molecular formula is C7H7N3O5-2. The van der Waals surface area contributed by atoms with Gasteiger partial charge in [0, 0.05) is 11.8 Å². The molecule has 0 fully saturated rings. The quantitative estimate of drug-likeness (QED) is 0.575. The second kappa shape index (κ2) is 4.09. The number of hydrogen-bond acceptors (Lipinski definition) is 7. The predicted molar refractivity (Wildman–Crippen MR) is 52.5 cm³/mol. The van der Waals surface area contributed by atoms with Crippen LogP contribution in [0.15, 0.2) is 12.1 Å². The third-order valence-corrected chi connectivity index (χ3v) is 1.87. The van der Waals surface area contributed by atoms with Gasteiger partial charge in [0.1, 0.15) is 0 Å². The summed E-state index contributed by atoms with van der Waals surface area (Å²) in [6.45, 7) is 1.29. The highest BCUT2D eigenvalue weighted by Gasteiger charge is 2.15. The second-order valence-electron chi connectivity index (χ2n) is 2.77. The molecule has 1 rings (SSSR count). The van der Waals surface area contributed by atoms with Crippen molar-refractivity contribution in [3.05, 3.63) is 38.2 Å². The van der Waals surface area contributed by atoms with Crippen molar-refractivity contribution in [1.82, 2.24) is 0 Å². The standard InChI is InChI=1S/C7H7N3O5/c1-4-6(9(12)13)2-5(8-11)3-7(4)10(14)15/h2-3,8,12H,1H3/q-2. The van der Waals surface area contributed by atoms with E-state index in [1.54, 1.807) is 0 Å². The van der Waals surface area contributed by atoms with Crippen LogP contribution in [0.3, 0.4) is 0 Å². The molecule has 0 unspecified atom stereocenters. The number of anilines is 2. The van der Waals surface area contributed by atoms with Gasteiger partial charge in [-0.05, 0) is 13.0 Å². The molecule has 15 heavy (non-hydrogen) atoms. The lowest BCUT2D eigenvalue weighted by Gasteiger charge is -2.24. The molecule has 0 aliphatic heterocycles. The van der Waals surface area contributed by atoms with E-state index in [0.717, 1.165) is 12.1 Å². The zero-order chi connectivity index (χ0) is 11.6. The number of benzene rings is 1. The molecule has 0 saturated heterocycles. The van der Waals surface area contributed by atoms with Crippen molar-refractivity contribution in [2.45, 2.75) is 6.92 Å². The van der Waals surface area contributed by atoms with Crippen molar-refractivity contribution in [2.75, 3.05) is 10.7 Å². The van der Waals surface area contributed by atoms with E-state index in [1.165, 1.54) is 12.4 Å². The first kappa shape index (κ1) is 11.2. The van der Waals surface area contributed by atoms with Crippen LogP contribution in [0.5, 0.6) is 0 Å². The van der Waals surface area contributed by atoms with E-state index in [-0.39, 0.29) is 16.9 Å². The highest BCUT2D eigenvalue weighted by Crippen LogP contribution is 2.31. The molecule has 8 heteroatoms. The van der Waals surface area contributed by atoms with Gasteiger partial charge >= 0.3 is 0 Å². The Labute approximate surface area is 84.0 Å². The van der Waals surface area contributed by atoms with E-state index in [9.17, 15) is 20.5 Å². The van der Waals surface area contributed by atoms with Crippen LogP contribution in [0.4, 0.5) is 17.1 Å². The molecule has 0 aliphatic rings. The van der Waals surface area contributed by atoms with E-state index in [0.29, 0.717) is 0 Å². The van der Waals surface area contributed by atoms with E-state index in [1.807, 2.05) is 0 Å². The molecule has 1 aromatic carbocycles. The van der Waals surface area contributed by atoms with Crippen LogP contribution in [0.25, 0.3) is 0 Å². The maximum Gasteiger partial charge on any atom is 0.276 e. The first-order valence-corrected chi connectivity index (χ1v) is 3.80. The van der Waals surface area contributed by atoms with Crippen molar-refractivity contribution in [3.63, 3.8) is 0 Å². The second-order valence-corrected chi connectivity index (χ2v) is 2.77. The van der Waals surface area contributed by atoms with Gasteiger partial charge in [0.05, 0.1) is 16.2 Å². The Morgan fingerprint density at radius 2 is 2.13 bits per heavy atom. The van der Waals surface area contributed by atoms with Crippen molar-refractivity contribution >= 4 is 17.1 Å². The Balaban J connectivity index is 3.40. The van der Waals surface area contributed by atoms with Crippen LogP contribution in [0.1, 0.15) is 5.56 Å². The SMILES string of the molecule is Cc1c(N([O-])O)cc(N[O-])cc1[N+](=O)[O-]. The first-order chi connectivity index (χ1) is 6.97. The predicted octanol–water partition coefficient (Wildman–Crippen LogP) is 1.51. The maximum atomic E-state index is 10.6. The number of rotatable bonds is 3. The Hall–Kier alpha value is -1.90. The number of nitrogens with one attached hydrogen (secondary N) is 1. The summed E-state index contributed by atoms with van der Waals surface area (Å²) in [6.07, 6.45) is 0. The van der Waals surface area contributed by atoms with Crippen LogP contribution >= 0.6 is 0 Å². The third-order valence-electron chi connectivity index (χ3n) is 1.87. The largest absolute Gasteiger partial charge is 0.761 e. The molecule has 2 N–H and O–H groups in total. The normalized spacial score (nSPS) is 9.87. The molecule has 0 radical (unpaired) electrons. The van der Waals surface area contributed by atoms with Crippen molar-refractivity contribution < 1.29 is 10.1 Å². The van der Waals surface area contributed by atoms with Crippen molar-refractivity contribution in [3.8, 4) is 0 Å². The van der Waals surface area contributed by atoms with Crippen LogP contribution in [-0.4, -0.2) is 10.1 Å². The molecule has 0 atom stereocenters. The average Bonchev–Trinajstić information content (AvgIpc) is 2.17. The monoisotopic (exact) mass is 213 g/mol. The lowest BCUT2D eigenvalue weighted by atomic mass is 10.1. The van der Waals surface area contributed by atoms with Gasteiger partial charge in [-0.25, -0.2) is 0 Å². The van der Waals surface area contributed by atoms with E-state index >= 15 is 0 Å². The van der Waals surface area contributed by atoms with Crippen molar-refractivity contribution in [1.29, 1.82) is 0 Å². The molecule has 0 bridgehead atoms. The topological polar surface area (TPSA) is 125 Å². The molecule has 0 saturated carbocycles. The van der Waals surface area contributed by atoms with Crippen LogP contribution < -0.4 is 10.7 Å². The lowest BCUT2D eigenvalue weighted by Crippen LogP contribution is -2.10. The van der Waals surface area contributed by atoms with Crippen molar-refractivity contribution in [2.24, 2.45) is 0 Å². The van der Waals surface area contributed by atoms with Gasteiger partial charge in [0.25, 0.3) is 5.69 Å². The summed E-state index contributed by atoms with van der Waals surface area (Å²) in [5.74, 6) is 0. The molecule has 0 amide bonds. The molecule has 1 aromatic rings. The molecule has 0 aliphatic carbocycles. The highest BCUT2D eigenvalue weighted by molar-refractivity contribution is 5.69. The maximum absolute atomic E-state index is 10.6. The van der Waals surface area contributed by atoms with E-state index in [4.69, 9.17) is 5.21 Å². The van der Waals surface area contributed by atoms with Gasteiger partial charge < -0.3 is 21.1 Å². The summed E-state index contributed by atoms with van der Waals surface area (Å²) in [4.78, 5) is 9.79. The van der Waals surface area contributed by atoms with Gasteiger partial charge in [0.15, 0.2) is 0 Å². The average molecular weight is 213 g/mol. The zero-order valence-electron chi connectivity index (χ0n) is 7.63. The summed E-state index contributed by atoms with van der Waals surface area (Å²) in [7, 11) is 0. The molecule has 8 nitrogen and oxygen atoms in total. The number of hydrogen-bond donors (Lipinski definition) is 2. The summed E-state index contributed by atoms with van der Waals surface area (Å²) < 4.78 is 0. The Morgan fingerprint density at radius 3 is 2.53 bits per heavy atom. The summed E-state index contributed by atoms with van der Waals surface area (Å²) in [6, 6.07) is 2.00. The minimum Gasteiger partial charge on any atom is -0.761 e. The van der Waals surface area contributed by atoms with E-state index in [2.05, 4.69) is 0 Å². The minimum absolute atomic E-state index is 0.0171. The molecular weight excluding hydrogens is 206 g/mol. The third kappa shape index (κ3) is 2.13. The fourth-order valence-electron chi connectivity index (χ4n) is 1.13. The van der Waals surface area contributed by atoms with Gasteiger partial charge in [-0.3, -0.25) is 15.3 Å². The van der Waals surface area contributed by atoms with Crippen LogP contribution in [-0.2, 0) is 0 Å². The molecule has 0 spiro atoms. The fraction of sp³-hybridized carbons (Fsp3) is 0.143. The van der Waals surface area contributed by atoms with Gasteiger partial charge in [-0.2, -0.15) is 0 Å². The number of nitrogens with zero attached hydrogens (tertiary/aromatic N) is 2. The van der Waals surface area contributed by atoms with Crippen LogP contribution in [0, 0.1) is 27.5 Å². The Kier molecular flexibility index (Phi) is 3.04. The van der Waals surface area contributed by atoms with E-state index < -0.39 is 15.8 Å². The smallest absolute Gasteiger partial charge is 0.276 e. The molecule has 0 heterocycles. The lowest BCUT2D eigenvalue weighted by molar-refractivity contribution is -0.385. The molecule has 0 aromatic heterocycles. The fourth-order valence-corrected chi connectivity index (χ4v) is 1.13. The highest BCUT2D eigenvalue weighted by atomic mass is 16.8. The van der Waals surface area contributed by atoms with Gasteiger partial charge in [-0.1, -0.05) is 0 Å². The molecule has 82 valence electrons. The Bertz CT molecular complexity index is 392. The number of nitro groups is 1. The zero-order valence-corrected chi connectivity index (χ0v) is 7.63. The first-order valence-electron chi connectivity index (χ1n) is 3.80.